The number of aromatic amines is 1. The average molecular weight is 359 g/mol. The largest absolute Gasteiger partial charge is 0.504 e. The number of aromatic nitrogens is 2. The summed E-state index contributed by atoms with van der Waals surface area (Å²) in [6.07, 6.45) is 1.80. The Kier molecular flexibility index (Phi) is 4.80. The van der Waals surface area contributed by atoms with Crippen molar-refractivity contribution < 1.29 is 14.6 Å². The molecule has 0 saturated heterocycles. The van der Waals surface area contributed by atoms with E-state index in [0.717, 1.165) is 0 Å². The smallest absolute Gasteiger partial charge is 0.257 e. The third-order valence-corrected chi connectivity index (χ3v) is 4.74. The summed E-state index contributed by atoms with van der Waals surface area (Å²) < 4.78 is 5.03. The van der Waals surface area contributed by atoms with Gasteiger partial charge in [-0.25, -0.2) is 4.98 Å². The number of aromatic hydroxyl groups is 1. The lowest BCUT2D eigenvalue weighted by Gasteiger charge is -2.24. The minimum atomic E-state index is -0.490. The Balaban J connectivity index is 2.07. The topological polar surface area (TPSA) is 104 Å². The highest BCUT2D eigenvalue weighted by Gasteiger charge is 2.31. The van der Waals surface area contributed by atoms with Crippen molar-refractivity contribution in [3.8, 4) is 11.5 Å². The van der Waals surface area contributed by atoms with E-state index < -0.39 is 5.92 Å². The first-order chi connectivity index (χ1) is 12.0. The van der Waals surface area contributed by atoms with E-state index in [2.05, 4.69) is 21.9 Å². The number of carbonyl (C=O) groups excluding carboxylic acids is 1. The lowest BCUT2D eigenvalue weighted by Crippen LogP contribution is -2.31. The Morgan fingerprint density at radius 3 is 2.96 bits per heavy atom. The molecule has 1 amide bonds. The zero-order valence-corrected chi connectivity index (χ0v) is 14.4. The summed E-state index contributed by atoms with van der Waals surface area (Å²) in [5, 5.41) is 13.1. The molecule has 0 spiro atoms. The van der Waals surface area contributed by atoms with Gasteiger partial charge in [-0.05, 0) is 17.7 Å². The number of H-pyrrole nitrogens is 1. The molecule has 2 aromatic rings. The molecule has 0 unspecified atom stereocenters. The van der Waals surface area contributed by atoms with Gasteiger partial charge in [-0.3, -0.25) is 9.59 Å². The Morgan fingerprint density at radius 1 is 1.48 bits per heavy atom. The zero-order chi connectivity index (χ0) is 18.0. The number of anilines is 1. The number of carbonyl (C=O) groups is 1. The van der Waals surface area contributed by atoms with E-state index in [1.165, 1.54) is 24.9 Å². The second kappa shape index (κ2) is 7.02. The maximum Gasteiger partial charge on any atom is 0.257 e. The van der Waals surface area contributed by atoms with Crippen molar-refractivity contribution in [2.75, 3.05) is 18.2 Å². The van der Waals surface area contributed by atoms with Gasteiger partial charge in [0, 0.05) is 18.1 Å². The van der Waals surface area contributed by atoms with Crippen LogP contribution in [0.25, 0.3) is 0 Å². The van der Waals surface area contributed by atoms with Gasteiger partial charge in [-0.1, -0.05) is 23.9 Å². The van der Waals surface area contributed by atoms with Crippen LogP contribution in [-0.4, -0.2) is 33.8 Å². The maximum atomic E-state index is 12.6. The summed E-state index contributed by atoms with van der Waals surface area (Å²) >= 11 is 1.32. The number of hydrogen-bond donors (Lipinski definition) is 3. The van der Waals surface area contributed by atoms with E-state index in [0.29, 0.717) is 27.8 Å². The summed E-state index contributed by atoms with van der Waals surface area (Å²) in [5.74, 6) is 0.404. The number of hydrogen-bond acceptors (Lipinski definition) is 6. The van der Waals surface area contributed by atoms with Crippen LogP contribution in [0.15, 0.2) is 40.8 Å². The number of methoxy groups -OCH3 is 1. The van der Waals surface area contributed by atoms with Gasteiger partial charge in [-0.2, -0.15) is 0 Å². The number of phenols is 1. The predicted molar refractivity (Wildman–Crippen MR) is 95.5 cm³/mol. The number of rotatable bonds is 5. The molecule has 3 rings (SSSR count). The highest BCUT2D eigenvalue weighted by molar-refractivity contribution is 7.99. The summed E-state index contributed by atoms with van der Waals surface area (Å²) in [4.78, 5) is 31.7. The molecule has 1 aliphatic rings. The molecule has 1 aromatic heterocycles. The number of nitrogens with one attached hydrogen (secondary N) is 2. The molecule has 7 nitrogen and oxygen atoms in total. The van der Waals surface area contributed by atoms with E-state index in [-0.39, 0.29) is 29.5 Å². The lowest BCUT2D eigenvalue weighted by molar-refractivity contribution is -0.116. The Morgan fingerprint density at radius 2 is 2.28 bits per heavy atom. The molecule has 1 aliphatic heterocycles. The first-order valence-electron chi connectivity index (χ1n) is 7.58. The summed E-state index contributed by atoms with van der Waals surface area (Å²) in [7, 11) is 1.45. The molecule has 25 heavy (non-hydrogen) atoms. The summed E-state index contributed by atoms with van der Waals surface area (Å²) in [6, 6.07) is 4.84. The molecular weight excluding hydrogens is 342 g/mol. The second-order valence-electron chi connectivity index (χ2n) is 5.47. The number of thioether (sulfide) groups is 1. The standard InChI is InChI=1S/C17H17N3O4S/c1-3-6-25-17-19-15-14(16(23)20-17)10(8-13(22)18-15)9-4-5-12(24-2)11(21)7-9/h3-5,7,10,21H,1,6,8H2,2H3,(H2,18,19,20,22,23)/t10-/m0/s1. The molecule has 0 aliphatic carbocycles. The van der Waals surface area contributed by atoms with Gasteiger partial charge in [0.25, 0.3) is 5.56 Å². The highest BCUT2D eigenvalue weighted by Crippen LogP contribution is 2.37. The number of ether oxygens (including phenoxy) is 1. The zero-order valence-electron chi connectivity index (χ0n) is 13.5. The quantitative estimate of drug-likeness (QED) is 0.430. The third-order valence-electron chi connectivity index (χ3n) is 3.87. The van der Waals surface area contributed by atoms with Crippen LogP contribution in [0.5, 0.6) is 11.5 Å². The van der Waals surface area contributed by atoms with Crippen LogP contribution in [0, 0.1) is 0 Å². The van der Waals surface area contributed by atoms with E-state index in [1.54, 1.807) is 18.2 Å². The van der Waals surface area contributed by atoms with Crippen LogP contribution in [-0.2, 0) is 4.79 Å². The number of nitrogens with zero attached hydrogens (tertiary/aromatic N) is 1. The number of amides is 1. The van der Waals surface area contributed by atoms with Gasteiger partial charge < -0.3 is 20.1 Å². The fourth-order valence-electron chi connectivity index (χ4n) is 2.77. The van der Waals surface area contributed by atoms with E-state index in [1.807, 2.05) is 0 Å². The van der Waals surface area contributed by atoms with E-state index >= 15 is 0 Å². The molecular formula is C17H17N3O4S. The molecule has 2 heterocycles. The second-order valence-corrected chi connectivity index (χ2v) is 6.48. The van der Waals surface area contributed by atoms with Crippen LogP contribution in [0.4, 0.5) is 5.82 Å². The molecule has 0 radical (unpaired) electrons. The number of benzene rings is 1. The van der Waals surface area contributed by atoms with Gasteiger partial charge >= 0.3 is 0 Å². The molecule has 0 saturated carbocycles. The molecule has 0 bridgehead atoms. The third kappa shape index (κ3) is 3.39. The normalized spacial score (nSPS) is 16.0. The van der Waals surface area contributed by atoms with Crippen LogP contribution in [0.2, 0.25) is 0 Å². The van der Waals surface area contributed by atoms with Gasteiger partial charge in [0.1, 0.15) is 5.82 Å². The minimum absolute atomic E-state index is 0.0462. The van der Waals surface area contributed by atoms with Crippen molar-refractivity contribution in [1.82, 2.24) is 9.97 Å². The van der Waals surface area contributed by atoms with Crippen LogP contribution in [0.1, 0.15) is 23.5 Å². The summed E-state index contributed by atoms with van der Waals surface area (Å²) in [6.45, 7) is 3.63. The Labute approximate surface area is 148 Å². The van der Waals surface area contributed by atoms with Crippen molar-refractivity contribution in [1.29, 1.82) is 0 Å². The van der Waals surface area contributed by atoms with Crippen molar-refractivity contribution in [2.24, 2.45) is 0 Å². The van der Waals surface area contributed by atoms with Crippen molar-refractivity contribution >= 4 is 23.5 Å². The summed E-state index contributed by atoms with van der Waals surface area (Å²) in [5.41, 5.74) is 0.720. The number of phenolic OH excluding ortho intramolecular Hbond substituents is 1. The van der Waals surface area contributed by atoms with Crippen molar-refractivity contribution in [3.05, 3.63) is 52.3 Å². The molecule has 1 aromatic carbocycles. The van der Waals surface area contributed by atoms with Gasteiger partial charge in [0.2, 0.25) is 5.91 Å². The van der Waals surface area contributed by atoms with Crippen molar-refractivity contribution in [2.45, 2.75) is 17.5 Å². The predicted octanol–water partition coefficient (Wildman–Crippen LogP) is 2.24. The molecule has 3 N–H and O–H groups in total. The molecule has 130 valence electrons. The highest BCUT2D eigenvalue weighted by atomic mass is 32.2. The first kappa shape index (κ1) is 17.1. The lowest BCUT2D eigenvalue weighted by atomic mass is 9.86. The first-order valence-corrected chi connectivity index (χ1v) is 8.56. The van der Waals surface area contributed by atoms with Gasteiger partial charge in [0.05, 0.1) is 12.7 Å². The monoisotopic (exact) mass is 359 g/mol. The van der Waals surface area contributed by atoms with Gasteiger partial charge in [-0.15, -0.1) is 6.58 Å². The van der Waals surface area contributed by atoms with Crippen molar-refractivity contribution in [3.63, 3.8) is 0 Å². The van der Waals surface area contributed by atoms with Crippen LogP contribution in [0.3, 0.4) is 0 Å². The minimum Gasteiger partial charge on any atom is -0.504 e. The molecule has 0 fully saturated rings. The van der Waals surface area contributed by atoms with Gasteiger partial charge in [0.15, 0.2) is 16.7 Å². The fraction of sp³-hybridized carbons (Fsp3) is 0.235. The van der Waals surface area contributed by atoms with Crippen LogP contribution >= 0.6 is 11.8 Å². The fourth-order valence-corrected chi connectivity index (χ4v) is 3.36. The SMILES string of the molecule is C=CCSc1nc2c(c(=O)[nH]1)[C@H](c1ccc(OC)c(O)c1)CC(=O)N2. The van der Waals surface area contributed by atoms with E-state index in [9.17, 15) is 14.7 Å². The average Bonchev–Trinajstić information content (AvgIpc) is 2.58. The Hall–Kier alpha value is -2.74. The molecule has 8 heteroatoms. The Bertz CT molecular complexity index is 894. The van der Waals surface area contributed by atoms with E-state index in [4.69, 9.17) is 4.74 Å². The number of fused-ring (bicyclic) bond motifs is 1. The molecule has 1 atom stereocenters. The van der Waals surface area contributed by atoms with Crippen LogP contribution < -0.4 is 15.6 Å². The maximum absolute atomic E-state index is 12.6.